The van der Waals surface area contributed by atoms with Gasteiger partial charge in [0.25, 0.3) is 0 Å². The quantitative estimate of drug-likeness (QED) is 0.878. The van der Waals surface area contributed by atoms with E-state index < -0.39 is 0 Å². The fraction of sp³-hybridized carbons (Fsp3) is 0.375. The number of ether oxygens (including phenoxy) is 1. The third kappa shape index (κ3) is 4.08. The Bertz CT molecular complexity index is 644. The first-order valence-electron chi connectivity index (χ1n) is 7.43. The summed E-state index contributed by atoms with van der Waals surface area (Å²) in [4.78, 5) is 8.90. The highest BCUT2D eigenvalue weighted by atomic mass is 35.5. The third-order valence-corrected chi connectivity index (χ3v) is 3.70. The Morgan fingerprint density at radius 2 is 2.23 bits per heavy atom. The molecule has 1 aliphatic heterocycles. The fourth-order valence-corrected chi connectivity index (χ4v) is 2.63. The summed E-state index contributed by atoms with van der Waals surface area (Å²) in [5, 5.41) is 7.19. The van der Waals surface area contributed by atoms with E-state index in [9.17, 15) is 0 Å². The molecule has 0 aliphatic carbocycles. The summed E-state index contributed by atoms with van der Waals surface area (Å²) in [6, 6.07) is 9.45. The van der Waals surface area contributed by atoms with Gasteiger partial charge in [0.05, 0.1) is 6.10 Å². The summed E-state index contributed by atoms with van der Waals surface area (Å²) in [7, 11) is 0. The SMILES string of the molecule is Cc1cc(Nc2cccc(Cl)c2)nc(NCC2CCCO2)n1. The number of nitrogens with one attached hydrogen (secondary N) is 2. The van der Waals surface area contributed by atoms with E-state index in [1.165, 1.54) is 0 Å². The van der Waals surface area contributed by atoms with Crippen LogP contribution in [0.1, 0.15) is 18.5 Å². The average molecular weight is 319 g/mol. The molecule has 22 heavy (non-hydrogen) atoms. The van der Waals surface area contributed by atoms with Crippen molar-refractivity contribution in [1.82, 2.24) is 9.97 Å². The summed E-state index contributed by atoms with van der Waals surface area (Å²) < 4.78 is 5.60. The minimum absolute atomic E-state index is 0.258. The third-order valence-electron chi connectivity index (χ3n) is 3.46. The van der Waals surface area contributed by atoms with Crippen molar-refractivity contribution in [3.05, 3.63) is 41.0 Å². The van der Waals surface area contributed by atoms with Gasteiger partial charge in [0.1, 0.15) is 5.82 Å². The van der Waals surface area contributed by atoms with Gasteiger partial charge in [-0.2, -0.15) is 4.98 Å². The number of nitrogens with zero attached hydrogens (tertiary/aromatic N) is 2. The number of rotatable bonds is 5. The van der Waals surface area contributed by atoms with E-state index in [4.69, 9.17) is 16.3 Å². The molecule has 1 fully saturated rings. The van der Waals surface area contributed by atoms with Gasteiger partial charge in [-0.05, 0) is 38.0 Å². The van der Waals surface area contributed by atoms with Crippen molar-refractivity contribution in [2.24, 2.45) is 0 Å². The molecule has 2 heterocycles. The van der Waals surface area contributed by atoms with Crippen molar-refractivity contribution in [1.29, 1.82) is 0 Å². The molecular weight excluding hydrogens is 300 g/mol. The van der Waals surface area contributed by atoms with Crippen LogP contribution in [0.4, 0.5) is 17.5 Å². The Balaban J connectivity index is 1.68. The summed E-state index contributed by atoms with van der Waals surface area (Å²) in [5.74, 6) is 1.35. The molecule has 1 unspecified atom stereocenters. The number of halogens is 1. The van der Waals surface area contributed by atoms with Crippen LogP contribution >= 0.6 is 11.6 Å². The maximum absolute atomic E-state index is 6.00. The molecule has 1 aromatic carbocycles. The Morgan fingerprint density at radius 3 is 3.00 bits per heavy atom. The van der Waals surface area contributed by atoms with Gasteiger partial charge in [-0.25, -0.2) is 4.98 Å². The van der Waals surface area contributed by atoms with E-state index >= 15 is 0 Å². The van der Waals surface area contributed by atoms with E-state index in [-0.39, 0.29) is 6.10 Å². The van der Waals surface area contributed by atoms with Crippen LogP contribution in [0.2, 0.25) is 5.02 Å². The van der Waals surface area contributed by atoms with E-state index in [1.54, 1.807) is 0 Å². The Morgan fingerprint density at radius 1 is 1.32 bits per heavy atom. The maximum Gasteiger partial charge on any atom is 0.224 e. The van der Waals surface area contributed by atoms with Gasteiger partial charge in [0.2, 0.25) is 5.95 Å². The second kappa shape index (κ2) is 6.94. The molecule has 0 amide bonds. The lowest BCUT2D eigenvalue weighted by Crippen LogP contribution is -2.20. The first-order valence-corrected chi connectivity index (χ1v) is 7.80. The second-order valence-electron chi connectivity index (χ2n) is 5.37. The van der Waals surface area contributed by atoms with Crippen LogP contribution in [0.15, 0.2) is 30.3 Å². The molecule has 5 nitrogen and oxygen atoms in total. The van der Waals surface area contributed by atoms with Gasteiger partial charge in [0, 0.05) is 35.6 Å². The van der Waals surface area contributed by atoms with Gasteiger partial charge < -0.3 is 15.4 Å². The Kier molecular flexibility index (Phi) is 4.75. The van der Waals surface area contributed by atoms with E-state index in [0.29, 0.717) is 11.0 Å². The summed E-state index contributed by atoms with van der Waals surface area (Å²) in [5.41, 5.74) is 1.80. The zero-order chi connectivity index (χ0) is 15.4. The molecule has 0 saturated carbocycles. The summed E-state index contributed by atoms with van der Waals surface area (Å²) >= 11 is 6.00. The molecule has 6 heteroatoms. The van der Waals surface area contributed by atoms with Gasteiger partial charge in [-0.1, -0.05) is 17.7 Å². The number of aryl methyl sites for hydroxylation is 1. The normalized spacial score (nSPS) is 17.5. The molecule has 1 aliphatic rings. The number of hydrogen-bond acceptors (Lipinski definition) is 5. The standard InChI is InChI=1S/C16H19ClN4O/c1-11-8-15(20-13-5-2-4-12(17)9-13)21-16(19-11)18-10-14-6-3-7-22-14/h2,4-5,8-9,14H,3,6-7,10H2,1H3,(H2,18,19,20,21). The molecule has 2 aromatic rings. The maximum atomic E-state index is 6.00. The highest BCUT2D eigenvalue weighted by Crippen LogP contribution is 2.20. The summed E-state index contributed by atoms with van der Waals surface area (Å²) in [6.07, 6.45) is 2.48. The number of benzene rings is 1. The van der Waals surface area contributed by atoms with Gasteiger partial charge in [0.15, 0.2) is 0 Å². The zero-order valence-corrected chi connectivity index (χ0v) is 13.2. The Hall–Kier alpha value is -1.85. The van der Waals surface area contributed by atoms with E-state index in [1.807, 2.05) is 37.3 Å². The van der Waals surface area contributed by atoms with E-state index in [2.05, 4.69) is 20.6 Å². The smallest absolute Gasteiger partial charge is 0.224 e. The number of anilines is 3. The van der Waals surface area contributed by atoms with Crippen LogP contribution in [-0.2, 0) is 4.74 Å². The molecular formula is C16H19ClN4O. The highest BCUT2D eigenvalue weighted by molar-refractivity contribution is 6.30. The largest absolute Gasteiger partial charge is 0.376 e. The fourth-order valence-electron chi connectivity index (χ4n) is 2.44. The van der Waals surface area contributed by atoms with Crippen molar-refractivity contribution < 1.29 is 4.74 Å². The molecule has 0 radical (unpaired) electrons. The molecule has 0 bridgehead atoms. The lowest BCUT2D eigenvalue weighted by Gasteiger charge is -2.13. The lowest BCUT2D eigenvalue weighted by molar-refractivity contribution is 0.120. The zero-order valence-electron chi connectivity index (χ0n) is 12.5. The van der Waals surface area contributed by atoms with Crippen LogP contribution in [0, 0.1) is 6.92 Å². The highest BCUT2D eigenvalue weighted by Gasteiger charge is 2.15. The molecule has 1 saturated heterocycles. The number of hydrogen-bond donors (Lipinski definition) is 2. The first-order chi connectivity index (χ1) is 10.7. The minimum atomic E-state index is 0.258. The average Bonchev–Trinajstić information content (AvgIpc) is 2.98. The van der Waals surface area contributed by atoms with Crippen molar-refractivity contribution in [2.75, 3.05) is 23.8 Å². The van der Waals surface area contributed by atoms with E-state index in [0.717, 1.165) is 43.2 Å². The Labute approximate surface area is 135 Å². The van der Waals surface area contributed by atoms with Crippen LogP contribution in [-0.4, -0.2) is 29.2 Å². The van der Waals surface area contributed by atoms with Gasteiger partial charge in [-0.3, -0.25) is 0 Å². The molecule has 0 spiro atoms. The second-order valence-corrected chi connectivity index (χ2v) is 5.81. The van der Waals surface area contributed by atoms with Gasteiger partial charge in [-0.15, -0.1) is 0 Å². The number of aromatic nitrogens is 2. The molecule has 3 rings (SSSR count). The lowest BCUT2D eigenvalue weighted by atomic mass is 10.2. The van der Waals surface area contributed by atoms with Crippen LogP contribution in [0.3, 0.4) is 0 Å². The van der Waals surface area contributed by atoms with Crippen LogP contribution < -0.4 is 10.6 Å². The summed E-state index contributed by atoms with van der Waals surface area (Å²) in [6.45, 7) is 3.53. The molecule has 1 aromatic heterocycles. The van der Waals surface area contributed by atoms with Crippen LogP contribution in [0.5, 0.6) is 0 Å². The van der Waals surface area contributed by atoms with Crippen LogP contribution in [0.25, 0.3) is 0 Å². The van der Waals surface area contributed by atoms with Crippen molar-refractivity contribution in [2.45, 2.75) is 25.9 Å². The minimum Gasteiger partial charge on any atom is -0.376 e. The topological polar surface area (TPSA) is 59.1 Å². The van der Waals surface area contributed by atoms with Crippen molar-refractivity contribution in [3.63, 3.8) is 0 Å². The molecule has 1 atom stereocenters. The van der Waals surface area contributed by atoms with Crippen molar-refractivity contribution >= 4 is 29.1 Å². The predicted octanol–water partition coefficient (Wildman–Crippen LogP) is 3.77. The molecule has 2 N–H and O–H groups in total. The van der Waals surface area contributed by atoms with Crippen molar-refractivity contribution in [3.8, 4) is 0 Å². The van der Waals surface area contributed by atoms with Gasteiger partial charge >= 0.3 is 0 Å². The molecule has 116 valence electrons. The first kappa shape index (κ1) is 15.1. The predicted molar refractivity (Wildman–Crippen MR) is 89.0 cm³/mol. The monoisotopic (exact) mass is 318 g/mol.